The summed E-state index contributed by atoms with van der Waals surface area (Å²) in [5.41, 5.74) is 0.930. The molecule has 0 fully saturated rings. The zero-order chi connectivity index (χ0) is 17.7. The predicted octanol–water partition coefficient (Wildman–Crippen LogP) is 3.57. The summed E-state index contributed by atoms with van der Waals surface area (Å²) in [5, 5.41) is 0. The lowest BCUT2D eigenvalue weighted by Crippen LogP contribution is -2.33. The van der Waals surface area contributed by atoms with E-state index in [4.69, 9.17) is 9.47 Å². The Morgan fingerprint density at radius 3 is 2.42 bits per heavy atom. The van der Waals surface area contributed by atoms with Crippen molar-refractivity contribution in [3.63, 3.8) is 0 Å². The van der Waals surface area contributed by atoms with Crippen LogP contribution < -0.4 is 9.47 Å². The smallest absolute Gasteiger partial charge is 0.260 e. The van der Waals surface area contributed by atoms with Crippen molar-refractivity contribution in [2.24, 2.45) is 0 Å². The molecule has 4 nitrogen and oxygen atoms in total. The number of ether oxygens (including phenoxy) is 2. The molecular formula is C18H19F2NO3. The minimum atomic E-state index is -0.839. The van der Waals surface area contributed by atoms with Crippen LogP contribution in [0.25, 0.3) is 0 Å². The number of nitrogens with zero attached hydrogens (tertiary/aromatic N) is 1. The molecule has 0 bridgehead atoms. The van der Waals surface area contributed by atoms with Gasteiger partial charge in [-0.15, -0.1) is 0 Å². The molecule has 2 aromatic rings. The van der Waals surface area contributed by atoms with Gasteiger partial charge < -0.3 is 14.4 Å². The second-order valence-electron chi connectivity index (χ2n) is 5.32. The predicted molar refractivity (Wildman–Crippen MR) is 86.0 cm³/mol. The number of amides is 1. The molecule has 0 spiro atoms. The largest absolute Gasteiger partial charge is 0.497 e. The summed E-state index contributed by atoms with van der Waals surface area (Å²) < 4.78 is 36.6. The van der Waals surface area contributed by atoms with Crippen molar-refractivity contribution in [3.05, 3.63) is 59.7 Å². The van der Waals surface area contributed by atoms with Gasteiger partial charge >= 0.3 is 0 Å². The number of carbonyl (C=O) groups excluding carboxylic acids is 1. The van der Waals surface area contributed by atoms with Crippen molar-refractivity contribution >= 4 is 5.91 Å². The second-order valence-corrected chi connectivity index (χ2v) is 5.32. The Bertz CT molecular complexity index is 704. The highest BCUT2D eigenvalue weighted by molar-refractivity contribution is 5.78. The average molecular weight is 335 g/mol. The minimum Gasteiger partial charge on any atom is -0.497 e. The Balaban J connectivity index is 1.97. The third-order valence-electron chi connectivity index (χ3n) is 3.82. The third-order valence-corrected chi connectivity index (χ3v) is 3.82. The van der Waals surface area contributed by atoms with Crippen LogP contribution in [0.3, 0.4) is 0 Å². The Morgan fingerprint density at radius 1 is 1.17 bits per heavy atom. The van der Waals surface area contributed by atoms with Gasteiger partial charge in [0.1, 0.15) is 11.6 Å². The lowest BCUT2D eigenvalue weighted by molar-refractivity contribution is -0.134. The van der Waals surface area contributed by atoms with Crippen LogP contribution >= 0.6 is 0 Å². The molecule has 0 aliphatic heterocycles. The molecule has 1 atom stereocenters. The van der Waals surface area contributed by atoms with Gasteiger partial charge in [0.05, 0.1) is 13.2 Å². The van der Waals surface area contributed by atoms with Crippen molar-refractivity contribution in [2.45, 2.75) is 13.0 Å². The summed E-state index contributed by atoms with van der Waals surface area (Å²) >= 11 is 0. The highest BCUT2D eigenvalue weighted by atomic mass is 19.1. The van der Waals surface area contributed by atoms with Gasteiger partial charge in [-0.25, -0.2) is 8.78 Å². The molecule has 0 saturated carbocycles. The van der Waals surface area contributed by atoms with Crippen LogP contribution in [0, 0.1) is 11.6 Å². The maximum Gasteiger partial charge on any atom is 0.260 e. The van der Waals surface area contributed by atoms with Gasteiger partial charge in [0, 0.05) is 13.1 Å². The molecular weight excluding hydrogens is 316 g/mol. The molecule has 0 radical (unpaired) electrons. The topological polar surface area (TPSA) is 38.8 Å². The van der Waals surface area contributed by atoms with Gasteiger partial charge in [0.2, 0.25) is 0 Å². The molecule has 0 N–H and O–H groups in total. The quantitative estimate of drug-likeness (QED) is 0.810. The lowest BCUT2D eigenvalue weighted by atomic mass is 10.1. The van der Waals surface area contributed by atoms with Crippen LogP contribution in [-0.2, 0) is 4.79 Å². The number of hydrogen-bond acceptors (Lipinski definition) is 3. The van der Waals surface area contributed by atoms with E-state index in [0.717, 1.165) is 23.4 Å². The zero-order valence-electron chi connectivity index (χ0n) is 13.8. The van der Waals surface area contributed by atoms with Crippen LogP contribution in [-0.4, -0.2) is 31.6 Å². The third kappa shape index (κ3) is 4.22. The molecule has 2 aromatic carbocycles. The Hall–Kier alpha value is -2.63. The first kappa shape index (κ1) is 17.7. The van der Waals surface area contributed by atoms with E-state index in [1.807, 2.05) is 31.2 Å². The van der Waals surface area contributed by atoms with Gasteiger partial charge in [0.15, 0.2) is 18.2 Å². The van der Waals surface area contributed by atoms with Gasteiger partial charge in [0.25, 0.3) is 5.91 Å². The number of hydrogen-bond donors (Lipinski definition) is 0. The number of carbonyl (C=O) groups is 1. The molecule has 2 rings (SSSR count). The standard InChI is InChI=1S/C18H19F2NO3/c1-12(13-4-7-15(23-3)8-5-13)21(2)18(22)11-24-17-9-6-14(19)10-16(17)20/h4-10,12H,11H2,1-3H3. The molecule has 6 heteroatoms. The summed E-state index contributed by atoms with van der Waals surface area (Å²) in [5.74, 6) is -1.28. The van der Waals surface area contributed by atoms with E-state index < -0.39 is 11.6 Å². The Morgan fingerprint density at radius 2 is 1.83 bits per heavy atom. The monoisotopic (exact) mass is 335 g/mol. The first-order valence-electron chi connectivity index (χ1n) is 7.40. The first-order chi connectivity index (χ1) is 11.4. The highest BCUT2D eigenvalue weighted by Crippen LogP contribution is 2.22. The fourth-order valence-corrected chi connectivity index (χ4v) is 2.16. The first-order valence-corrected chi connectivity index (χ1v) is 7.40. The Labute approximate surface area is 139 Å². The van der Waals surface area contributed by atoms with E-state index in [9.17, 15) is 13.6 Å². The Kier molecular flexibility index (Phi) is 5.73. The van der Waals surface area contributed by atoms with Crippen LogP contribution in [0.5, 0.6) is 11.5 Å². The summed E-state index contributed by atoms with van der Waals surface area (Å²) in [6.07, 6.45) is 0. The van der Waals surface area contributed by atoms with Crippen LogP contribution in [0.4, 0.5) is 8.78 Å². The molecule has 1 amide bonds. The molecule has 128 valence electrons. The molecule has 1 unspecified atom stereocenters. The van der Waals surface area contributed by atoms with Gasteiger partial charge in [-0.05, 0) is 36.8 Å². The van der Waals surface area contributed by atoms with E-state index in [1.165, 1.54) is 4.90 Å². The SMILES string of the molecule is COc1ccc(C(C)N(C)C(=O)COc2ccc(F)cc2F)cc1. The molecule has 0 saturated heterocycles. The van der Waals surface area contributed by atoms with E-state index in [0.29, 0.717) is 6.07 Å². The zero-order valence-corrected chi connectivity index (χ0v) is 13.8. The normalized spacial score (nSPS) is 11.7. The maximum atomic E-state index is 13.5. The number of halogens is 2. The molecule has 0 aromatic heterocycles. The number of methoxy groups -OCH3 is 1. The molecule has 24 heavy (non-hydrogen) atoms. The maximum absolute atomic E-state index is 13.5. The van der Waals surface area contributed by atoms with Crippen molar-refractivity contribution in [3.8, 4) is 11.5 Å². The number of rotatable bonds is 6. The van der Waals surface area contributed by atoms with E-state index in [2.05, 4.69) is 0 Å². The fraction of sp³-hybridized carbons (Fsp3) is 0.278. The number of likely N-dealkylation sites (N-methyl/N-ethyl adjacent to an activating group) is 1. The van der Waals surface area contributed by atoms with Crippen LogP contribution in [0.2, 0.25) is 0 Å². The summed E-state index contributed by atoms with van der Waals surface area (Å²) in [6.45, 7) is 1.54. The summed E-state index contributed by atoms with van der Waals surface area (Å²) in [6, 6.07) is 10.1. The van der Waals surface area contributed by atoms with Crippen LogP contribution in [0.1, 0.15) is 18.5 Å². The van der Waals surface area contributed by atoms with E-state index >= 15 is 0 Å². The van der Waals surface area contributed by atoms with Crippen molar-refractivity contribution < 1.29 is 23.0 Å². The average Bonchev–Trinajstić information content (AvgIpc) is 2.59. The number of benzene rings is 2. The molecule has 0 aliphatic rings. The van der Waals surface area contributed by atoms with Gasteiger partial charge in [-0.3, -0.25) is 4.79 Å². The van der Waals surface area contributed by atoms with E-state index in [-0.39, 0.29) is 24.3 Å². The minimum absolute atomic E-state index is 0.157. The van der Waals surface area contributed by atoms with Crippen LogP contribution in [0.15, 0.2) is 42.5 Å². The fourth-order valence-electron chi connectivity index (χ4n) is 2.16. The summed E-state index contributed by atoms with van der Waals surface area (Å²) in [7, 11) is 3.22. The van der Waals surface area contributed by atoms with E-state index in [1.54, 1.807) is 14.2 Å². The summed E-state index contributed by atoms with van der Waals surface area (Å²) in [4.78, 5) is 13.7. The molecule has 0 heterocycles. The van der Waals surface area contributed by atoms with Gasteiger partial charge in [-0.1, -0.05) is 12.1 Å². The van der Waals surface area contributed by atoms with Crippen molar-refractivity contribution in [1.82, 2.24) is 4.90 Å². The second kappa shape index (κ2) is 7.77. The molecule has 0 aliphatic carbocycles. The highest BCUT2D eigenvalue weighted by Gasteiger charge is 2.18. The lowest BCUT2D eigenvalue weighted by Gasteiger charge is -2.25. The van der Waals surface area contributed by atoms with Gasteiger partial charge in [-0.2, -0.15) is 0 Å². The van der Waals surface area contributed by atoms with Crippen molar-refractivity contribution in [2.75, 3.05) is 20.8 Å². The van der Waals surface area contributed by atoms with Crippen molar-refractivity contribution in [1.29, 1.82) is 0 Å².